The van der Waals surface area contributed by atoms with Crippen molar-refractivity contribution in [3.05, 3.63) is 0 Å². The molecule has 0 atom stereocenters. The summed E-state index contributed by atoms with van der Waals surface area (Å²) in [5.41, 5.74) is 0. The summed E-state index contributed by atoms with van der Waals surface area (Å²) < 4.78 is 4.54. The molecule has 0 radical (unpaired) electrons. The molecule has 0 fully saturated rings. The topological polar surface area (TPSA) is 75.7 Å². The van der Waals surface area contributed by atoms with Crippen molar-refractivity contribution < 1.29 is 19.1 Å². The molecule has 0 saturated heterocycles. The van der Waals surface area contributed by atoms with E-state index in [0.29, 0.717) is 32.4 Å². The highest BCUT2D eigenvalue weighted by Gasteiger charge is 2.09. The number of nitrogens with one attached hydrogen (secondary N) is 1. The van der Waals surface area contributed by atoms with Gasteiger partial charge < -0.3 is 15.0 Å². The Balaban J connectivity index is 3.55. The molecule has 0 aromatic carbocycles. The fourth-order valence-electron chi connectivity index (χ4n) is 1.72. The van der Waals surface area contributed by atoms with Crippen LogP contribution >= 0.6 is 0 Å². The van der Waals surface area contributed by atoms with E-state index in [-0.39, 0.29) is 17.8 Å². The molecule has 6 nitrogen and oxygen atoms in total. The van der Waals surface area contributed by atoms with Gasteiger partial charge in [-0.3, -0.25) is 14.4 Å². The molecule has 6 heteroatoms. The summed E-state index contributed by atoms with van der Waals surface area (Å²) in [5.74, 6) is -0.176. The number of rotatable bonds is 10. The van der Waals surface area contributed by atoms with Gasteiger partial charge in [-0.05, 0) is 19.3 Å². The Morgan fingerprint density at radius 3 is 2.35 bits per heavy atom. The summed E-state index contributed by atoms with van der Waals surface area (Å²) in [6, 6.07) is 0. The third kappa shape index (κ3) is 10.3. The lowest BCUT2D eigenvalue weighted by Gasteiger charge is -2.16. The fraction of sp³-hybridized carbons (Fsp3) is 0.786. The number of hydrogen-bond donors (Lipinski definition) is 1. The van der Waals surface area contributed by atoms with Gasteiger partial charge in [-0.25, -0.2) is 0 Å². The van der Waals surface area contributed by atoms with Gasteiger partial charge in [0, 0.05) is 39.9 Å². The van der Waals surface area contributed by atoms with Crippen LogP contribution in [-0.2, 0) is 19.1 Å². The van der Waals surface area contributed by atoms with Crippen LogP contribution in [0.1, 0.15) is 45.4 Å². The number of carbonyl (C=O) groups excluding carboxylic acids is 3. The van der Waals surface area contributed by atoms with E-state index in [9.17, 15) is 14.4 Å². The molecule has 2 amide bonds. The van der Waals surface area contributed by atoms with Crippen molar-refractivity contribution in [2.24, 2.45) is 0 Å². The summed E-state index contributed by atoms with van der Waals surface area (Å²) in [7, 11) is 3.11. The molecule has 0 aromatic rings. The van der Waals surface area contributed by atoms with Crippen molar-refractivity contribution in [1.82, 2.24) is 10.2 Å². The maximum Gasteiger partial charge on any atom is 0.305 e. The molecule has 0 saturated carbocycles. The monoisotopic (exact) mass is 286 g/mol. The predicted molar refractivity (Wildman–Crippen MR) is 76.0 cm³/mol. The highest BCUT2D eigenvalue weighted by Crippen LogP contribution is 2.03. The number of ether oxygens (including phenoxy) is 1. The van der Waals surface area contributed by atoms with Crippen LogP contribution in [0.5, 0.6) is 0 Å². The molecule has 0 rings (SSSR count). The number of nitrogens with zero attached hydrogens (tertiary/aromatic N) is 1. The van der Waals surface area contributed by atoms with Crippen molar-refractivity contribution in [3.63, 3.8) is 0 Å². The zero-order valence-corrected chi connectivity index (χ0v) is 12.7. The summed E-state index contributed by atoms with van der Waals surface area (Å²) >= 11 is 0. The average molecular weight is 286 g/mol. The first-order valence-electron chi connectivity index (χ1n) is 7.02. The molecule has 0 aliphatic heterocycles. The van der Waals surface area contributed by atoms with Crippen LogP contribution < -0.4 is 5.32 Å². The van der Waals surface area contributed by atoms with E-state index in [1.54, 1.807) is 11.9 Å². The van der Waals surface area contributed by atoms with Gasteiger partial charge in [0.25, 0.3) is 0 Å². The van der Waals surface area contributed by atoms with Crippen LogP contribution in [0.2, 0.25) is 0 Å². The lowest BCUT2D eigenvalue weighted by Crippen LogP contribution is -2.28. The standard InChI is InChI=1S/C14H26N2O4/c1-12(17)15-10-6-4-5-8-13(18)16(2)11-7-9-14(19)20-3/h4-11H2,1-3H3,(H,15,17). The van der Waals surface area contributed by atoms with E-state index >= 15 is 0 Å². The third-order valence-electron chi connectivity index (χ3n) is 2.97. The van der Waals surface area contributed by atoms with E-state index in [1.807, 2.05) is 0 Å². The first-order valence-corrected chi connectivity index (χ1v) is 7.02. The molecule has 1 N–H and O–H groups in total. The highest BCUT2D eigenvalue weighted by molar-refractivity contribution is 5.76. The lowest BCUT2D eigenvalue weighted by atomic mass is 10.1. The van der Waals surface area contributed by atoms with Crippen molar-refractivity contribution in [2.45, 2.75) is 45.4 Å². The minimum atomic E-state index is -0.246. The second kappa shape index (κ2) is 11.3. The van der Waals surface area contributed by atoms with E-state index in [2.05, 4.69) is 10.1 Å². The molecule has 0 aliphatic carbocycles. The Kier molecular flexibility index (Phi) is 10.4. The van der Waals surface area contributed by atoms with Crippen LogP contribution in [0, 0.1) is 0 Å². The van der Waals surface area contributed by atoms with Crippen molar-refractivity contribution >= 4 is 17.8 Å². The van der Waals surface area contributed by atoms with Crippen molar-refractivity contribution in [2.75, 3.05) is 27.2 Å². The zero-order chi connectivity index (χ0) is 15.4. The number of esters is 1. The van der Waals surface area contributed by atoms with Crippen LogP contribution in [0.4, 0.5) is 0 Å². The van der Waals surface area contributed by atoms with Gasteiger partial charge in [-0.15, -0.1) is 0 Å². The highest BCUT2D eigenvalue weighted by atomic mass is 16.5. The second-order valence-corrected chi connectivity index (χ2v) is 4.79. The average Bonchev–Trinajstić information content (AvgIpc) is 2.41. The summed E-state index contributed by atoms with van der Waals surface area (Å²) in [6.07, 6.45) is 4.10. The zero-order valence-electron chi connectivity index (χ0n) is 12.7. The van der Waals surface area contributed by atoms with Crippen LogP contribution in [-0.4, -0.2) is 49.9 Å². The normalized spacial score (nSPS) is 9.95. The smallest absolute Gasteiger partial charge is 0.305 e. The number of methoxy groups -OCH3 is 1. The number of unbranched alkanes of at least 4 members (excludes halogenated alkanes) is 2. The summed E-state index contributed by atoms with van der Waals surface area (Å²) in [4.78, 5) is 35.0. The van der Waals surface area contributed by atoms with Gasteiger partial charge in [-0.1, -0.05) is 6.42 Å². The first-order chi connectivity index (χ1) is 9.47. The summed E-state index contributed by atoms with van der Waals surface area (Å²) in [6.45, 7) is 2.73. The molecule has 0 heterocycles. The van der Waals surface area contributed by atoms with E-state index in [1.165, 1.54) is 14.0 Å². The minimum absolute atomic E-state index is 0.0218. The lowest BCUT2D eigenvalue weighted by molar-refractivity contribution is -0.141. The minimum Gasteiger partial charge on any atom is -0.469 e. The Morgan fingerprint density at radius 1 is 1.05 bits per heavy atom. The van der Waals surface area contributed by atoms with Crippen molar-refractivity contribution in [3.8, 4) is 0 Å². The van der Waals surface area contributed by atoms with Crippen LogP contribution in [0.15, 0.2) is 0 Å². The molecule has 0 aliphatic rings. The van der Waals surface area contributed by atoms with Gasteiger partial charge in [0.2, 0.25) is 11.8 Å². The maximum absolute atomic E-state index is 11.8. The Morgan fingerprint density at radius 2 is 1.75 bits per heavy atom. The van der Waals surface area contributed by atoms with E-state index in [4.69, 9.17) is 0 Å². The Hall–Kier alpha value is -1.59. The molecular weight excluding hydrogens is 260 g/mol. The molecule has 0 bridgehead atoms. The van der Waals surface area contributed by atoms with E-state index < -0.39 is 0 Å². The van der Waals surface area contributed by atoms with E-state index in [0.717, 1.165) is 19.3 Å². The quantitative estimate of drug-likeness (QED) is 0.482. The molecule has 0 unspecified atom stereocenters. The SMILES string of the molecule is COC(=O)CCCN(C)C(=O)CCCCCNC(C)=O. The van der Waals surface area contributed by atoms with Gasteiger partial charge in [0.05, 0.1) is 7.11 Å². The van der Waals surface area contributed by atoms with Gasteiger partial charge in [0.1, 0.15) is 0 Å². The first kappa shape index (κ1) is 18.4. The molecule has 0 spiro atoms. The van der Waals surface area contributed by atoms with Crippen LogP contribution in [0.3, 0.4) is 0 Å². The maximum atomic E-state index is 11.8. The number of carbonyl (C=O) groups is 3. The second-order valence-electron chi connectivity index (χ2n) is 4.79. The predicted octanol–water partition coefficient (Wildman–Crippen LogP) is 1.09. The third-order valence-corrected chi connectivity index (χ3v) is 2.97. The van der Waals surface area contributed by atoms with Crippen LogP contribution in [0.25, 0.3) is 0 Å². The summed E-state index contributed by atoms with van der Waals surface area (Å²) in [5, 5.41) is 2.72. The molecule has 0 aromatic heterocycles. The van der Waals surface area contributed by atoms with Gasteiger partial charge >= 0.3 is 5.97 Å². The number of amides is 2. The largest absolute Gasteiger partial charge is 0.469 e. The van der Waals surface area contributed by atoms with Crippen molar-refractivity contribution in [1.29, 1.82) is 0 Å². The fourth-order valence-corrected chi connectivity index (χ4v) is 1.72. The van der Waals surface area contributed by atoms with Gasteiger partial charge in [0.15, 0.2) is 0 Å². The van der Waals surface area contributed by atoms with Gasteiger partial charge in [-0.2, -0.15) is 0 Å². The number of hydrogen-bond acceptors (Lipinski definition) is 4. The molecule has 116 valence electrons. The Bertz CT molecular complexity index is 318. The Labute approximate surface area is 120 Å². The molecular formula is C14H26N2O4. The molecule has 20 heavy (non-hydrogen) atoms.